The van der Waals surface area contributed by atoms with Gasteiger partial charge in [0.2, 0.25) is 5.91 Å². The Kier molecular flexibility index (Phi) is 5.73. The molecule has 2 aromatic carbocycles. The Morgan fingerprint density at radius 2 is 1.73 bits per heavy atom. The van der Waals surface area contributed by atoms with Crippen LogP contribution in [0, 0.1) is 6.92 Å². The van der Waals surface area contributed by atoms with E-state index in [2.05, 4.69) is 5.32 Å². The van der Waals surface area contributed by atoms with Crippen molar-refractivity contribution in [2.75, 3.05) is 5.32 Å². The molecule has 2 rings (SSSR count). The molecule has 22 heavy (non-hydrogen) atoms. The number of carbonyl (C=O) groups is 2. The van der Waals surface area contributed by atoms with Crippen LogP contribution in [0.5, 0.6) is 0 Å². The Morgan fingerprint density at radius 1 is 1.00 bits per heavy atom. The highest BCUT2D eigenvalue weighted by Crippen LogP contribution is 2.23. The summed E-state index contributed by atoms with van der Waals surface area (Å²) in [7, 11) is 0. The number of carbonyl (C=O) groups excluding carboxylic acids is 2. The molecule has 114 valence electrons. The van der Waals surface area contributed by atoms with Crippen LogP contribution in [0.1, 0.15) is 35.2 Å². The third-order valence-corrected chi connectivity index (χ3v) is 3.85. The van der Waals surface area contributed by atoms with Crippen molar-refractivity contribution in [2.24, 2.45) is 0 Å². The van der Waals surface area contributed by atoms with E-state index in [1.807, 2.05) is 31.2 Å². The molecular formula is C18H18ClNO2. The normalized spacial score (nSPS) is 10.3. The predicted octanol–water partition coefficient (Wildman–Crippen LogP) is 4.64. The Bertz CT molecular complexity index is 668. The zero-order valence-electron chi connectivity index (χ0n) is 12.4. The van der Waals surface area contributed by atoms with Gasteiger partial charge in [-0.2, -0.15) is 0 Å². The van der Waals surface area contributed by atoms with E-state index in [1.165, 1.54) is 0 Å². The maximum absolute atomic E-state index is 11.9. The first-order chi connectivity index (χ1) is 10.6. The minimum absolute atomic E-state index is 0.0623. The van der Waals surface area contributed by atoms with Crippen molar-refractivity contribution in [3.8, 4) is 0 Å². The number of rotatable bonds is 6. The SMILES string of the molecule is Cc1c(Cl)cccc1NC(=O)CCCC(=O)c1ccccc1. The fraction of sp³-hybridized carbons (Fsp3) is 0.222. The van der Waals surface area contributed by atoms with Gasteiger partial charge in [-0.1, -0.05) is 48.0 Å². The summed E-state index contributed by atoms with van der Waals surface area (Å²) >= 11 is 6.02. The molecule has 1 N–H and O–H groups in total. The molecule has 0 aliphatic rings. The Hall–Kier alpha value is -2.13. The van der Waals surface area contributed by atoms with E-state index in [0.717, 1.165) is 5.56 Å². The van der Waals surface area contributed by atoms with E-state index >= 15 is 0 Å². The van der Waals surface area contributed by atoms with E-state index in [4.69, 9.17) is 11.6 Å². The highest BCUT2D eigenvalue weighted by atomic mass is 35.5. The number of Topliss-reactive ketones (excluding diaryl/α,β-unsaturated/α-hetero) is 1. The second-order valence-electron chi connectivity index (χ2n) is 5.10. The second-order valence-corrected chi connectivity index (χ2v) is 5.51. The molecule has 0 saturated carbocycles. The van der Waals surface area contributed by atoms with Gasteiger partial charge in [0.1, 0.15) is 0 Å². The summed E-state index contributed by atoms with van der Waals surface area (Å²) in [5.41, 5.74) is 2.25. The summed E-state index contributed by atoms with van der Waals surface area (Å²) in [6.07, 6.45) is 1.20. The fourth-order valence-electron chi connectivity index (χ4n) is 2.13. The lowest BCUT2D eigenvalue weighted by atomic mass is 10.1. The average molecular weight is 316 g/mol. The number of halogens is 1. The first-order valence-electron chi connectivity index (χ1n) is 7.21. The van der Waals surface area contributed by atoms with Crippen LogP contribution in [0.3, 0.4) is 0 Å². The molecule has 0 radical (unpaired) electrons. The second kappa shape index (κ2) is 7.76. The molecule has 0 atom stereocenters. The van der Waals surface area contributed by atoms with E-state index in [9.17, 15) is 9.59 Å². The molecule has 0 aliphatic heterocycles. The molecule has 0 spiro atoms. The summed E-state index contributed by atoms with van der Waals surface area (Å²) < 4.78 is 0. The van der Waals surface area contributed by atoms with Gasteiger partial charge in [-0.25, -0.2) is 0 Å². The van der Waals surface area contributed by atoms with Crippen molar-refractivity contribution < 1.29 is 9.59 Å². The molecule has 0 fully saturated rings. The van der Waals surface area contributed by atoms with Crippen LogP contribution in [0.15, 0.2) is 48.5 Å². The molecule has 0 heterocycles. The van der Waals surface area contributed by atoms with E-state index in [0.29, 0.717) is 35.5 Å². The first kappa shape index (κ1) is 16.2. The zero-order chi connectivity index (χ0) is 15.9. The number of hydrogen-bond acceptors (Lipinski definition) is 2. The predicted molar refractivity (Wildman–Crippen MR) is 89.4 cm³/mol. The standard InChI is InChI=1S/C18H18ClNO2/c1-13-15(19)9-5-10-16(13)20-18(22)12-6-11-17(21)14-7-3-2-4-8-14/h2-5,7-10H,6,11-12H2,1H3,(H,20,22). The number of anilines is 1. The summed E-state index contributed by atoms with van der Waals surface area (Å²) in [5, 5.41) is 3.45. The first-order valence-corrected chi connectivity index (χ1v) is 7.59. The molecule has 0 saturated heterocycles. The monoisotopic (exact) mass is 315 g/mol. The molecule has 0 bridgehead atoms. The van der Waals surface area contributed by atoms with Crippen molar-refractivity contribution in [1.29, 1.82) is 0 Å². The molecule has 4 heteroatoms. The zero-order valence-corrected chi connectivity index (χ0v) is 13.2. The van der Waals surface area contributed by atoms with Crippen LogP contribution in [-0.4, -0.2) is 11.7 Å². The molecular weight excluding hydrogens is 298 g/mol. The van der Waals surface area contributed by atoms with E-state index in [1.54, 1.807) is 24.3 Å². The number of hydrogen-bond donors (Lipinski definition) is 1. The van der Waals surface area contributed by atoms with Crippen molar-refractivity contribution in [3.05, 3.63) is 64.7 Å². The summed E-state index contributed by atoms with van der Waals surface area (Å²) in [4.78, 5) is 23.9. The molecule has 0 aliphatic carbocycles. The van der Waals surface area contributed by atoms with Gasteiger partial charge in [0.25, 0.3) is 0 Å². The van der Waals surface area contributed by atoms with Crippen molar-refractivity contribution in [2.45, 2.75) is 26.2 Å². The summed E-state index contributed by atoms with van der Waals surface area (Å²) in [6.45, 7) is 1.86. The molecule has 2 aromatic rings. The summed E-state index contributed by atoms with van der Waals surface area (Å²) in [5.74, 6) is -0.0430. The third kappa shape index (κ3) is 4.43. The minimum Gasteiger partial charge on any atom is -0.326 e. The van der Waals surface area contributed by atoms with Gasteiger partial charge >= 0.3 is 0 Å². The molecule has 0 unspecified atom stereocenters. The number of amides is 1. The van der Waals surface area contributed by atoms with Gasteiger partial charge in [0.05, 0.1) is 0 Å². The minimum atomic E-state index is -0.105. The van der Waals surface area contributed by atoms with Crippen LogP contribution in [0.2, 0.25) is 5.02 Å². The Morgan fingerprint density at radius 3 is 2.45 bits per heavy atom. The van der Waals surface area contributed by atoms with Crippen LogP contribution >= 0.6 is 11.6 Å². The lowest BCUT2D eigenvalue weighted by molar-refractivity contribution is -0.116. The van der Waals surface area contributed by atoms with Crippen LogP contribution in [0.4, 0.5) is 5.69 Å². The van der Waals surface area contributed by atoms with E-state index < -0.39 is 0 Å². The maximum atomic E-state index is 11.9. The van der Waals surface area contributed by atoms with Crippen molar-refractivity contribution in [1.82, 2.24) is 0 Å². The van der Waals surface area contributed by atoms with Gasteiger partial charge in [-0.05, 0) is 31.0 Å². The highest BCUT2D eigenvalue weighted by molar-refractivity contribution is 6.31. The largest absolute Gasteiger partial charge is 0.326 e. The molecule has 1 amide bonds. The number of ketones is 1. The number of benzene rings is 2. The maximum Gasteiger partial charge on any atom is 0.224 e. The quantitative estimate of drug-likeness (QED) is 0.789. The van der Waals surface area contributed by atoms with Crippen LogP contribution < -0.4 is 5.32 Å². The van der Waals surface area contributed by atoms with Crippen LogP contribution in [-0.2, 0) is 4.79 Å². The van der Waals surface area contributed by atoms with Gasteiger partial charge < -0.3 is 5.32 Å². The van der Waals surface area contributed by atoms with Crippen molar-refractivity contribution in [3.63, 3.8) is 0 Å². The fourth-order valence-corrected chi connectivity index (χ4v) is 2.31. The lowest BCUT2D eigenvalue weighted by Crippen LogP contribution is -2.13. The lowest BCUT2D eigenvalue weighted by Gasteiger charge is -2.09. The summed E-state index contributed by atoms with van der Waals surface area (Å²) in [6, 6.07) is 14.5. The van der Waals surface area contributed by atoms with Gasteiger partial charge in [-0.15, -0.1) is 0 Å². The average Bonchev–Trinajstić information content (AvgIpc) is 2.52. The highest BCUT2D eigenvalue weighted by Gasteiger charge is 2.09. The smallest absolute Gasteiger partial charge is 0.224 e. The Balaban J connectivity index is 1.81. The van der Waals surface area contributed by atoms with Gasteiger partial charge in [-0.3, -0.25) is 9.59 Å². The van der Waals surface area contributed by atoms with Gasteiger partial charge in [0.15, 0.2) is 5.78 Å². The molecule has 0 aromatic heterocycles. The van der Waals surface area contributed by atoms with Crippen LogP contribution in [0.25, 0.3) is 0 Å². The molecule has 3 nitrogen and oxygen atoms in total. The van der Waals surface area contributed by atoms with Crippen molar-refractivity contribution >= 4 is 29.0 Å². The number of nitrogens with one attached hydrogen (secondary N) is 1. The topological polar surface area (TPSA) is 46.2 Å². The Labute approximate surface area is 135 Å². The third-order valence-electron chi connectivity index (χ3n) is 3.45. The van der Waals surface area contributed by atoms with E-state index in [-0.39, 0.29) is 11.7 Å². The van der Waals surface area contributed by atoms with Gasteiger partial charge in [0, 0.05) is 29.1 Å².